The minimum absolute atomic E-state index is 0.0945. The number of benzene rings is 1. The lowest BCUT2D eigenvalue weighted by Crippen LogP contribution is -2.38. The molecule has 1 aliphatic rings. The zero-order chi connectivity index (χ0) is 15.8. The predicted octanol–water partition coefficient (Wildman–Crippen LogP) is 2.61. The monoisotopic (exact) mass is 309 g/mol. The lowest BCUT2D eigenvalue weighted by Gasteiger charge is -2.31. The summed E-state index contributed by atoms with van der Waals surface area (Å²) in [5, 5.41) is 0. The van der Waals surface area contributed by atoms with Gasteiger partial charge in [0.2, 0.25) is 0 Å². The number of carbonyl (C=O) groups is 1. The van der Waals surface area contributed by atoms with Crippen LogP contribution in [0.2, 0.25) is 0 Å². The molecule has 1 amide bonds. The number of H-pyrrole nitrogens is 2. The zero-order valence-corrected chi connectivity index (χ0v) is 13.0. The fourth-order valence-electron chi connectivity index (χ4n) is 3.31. The number of nitrogens with one attached hydrogen (secondary N) is 2. The fourth-order valence-corrected chi connectivity index (χ4v) is 3.31. The summed E-state index contributed by atoms with van der Waals surface area (Å²) in [6.45, 7) is 3.45. The molecule has 3 heterocycles. The molecule has 0 atom stereocenters. The zero-order valence-electron chi connectivity index (χ0n) is 13.0. The van der Waals surface area contributed by atoms with Gasteiger partial charge in [0.25, 0.3) is 5.91 Å². The molecule has 6 heteroatoms. The number of aromatic nitrogens is 4. The van der Waals surface area contributed by atoms with Gasteiger partial charge in [0, 0.05) is 37.0 Å². The van der Waals surface area contributed by atoms with Crippen LogP contribution in [0.25, 0.3) is 11.0 Å². The van der Waals surface area contributed by atoms with Gasteiger partial charge in [-0.05, 0) is 38.0 Å². The van der Waals surface area contributed by atoms with Gasteiger partial charge in [-0.3, -0.25) is 4.79 Å². The largest absolute Gasteiger partial charge is 0.348 e. The molecule has 0 bridgehead atoms. The van der Waals surface area contributed by atoms with Gasteiger partial charge < -0.3 is 14.9 Å². The lowest BCUT2D eigenvalue weighted by atomic mass is 9.95. The maximum atomic E-state index is 12.7. The van der Waals surface area contributed by atoms with Gasteiger partial charge in [-0.2, -0.15) is 0 Å². The summed E-state index contributed by atoms with van der Waals surface area (Å²) in [7, 11) is 0. The fraction of sp³-hybridized carbons (Fsp3) is 0.353. The summed E-state index contributed by atoms with van der Waals surface area (Å²) in [4.78, 5) is 29.7. The average molecular weight is 309 g/mol. The van der Waals surface area contributed by atoms with Crippen LogP contribution in [0.15, 0.2) is 30.6 Å². The lowest BCUT2D eigenvalue weighted by molar-refractivity contribution is 0.0711. The highest BCUT2D eigenvalue weighted by molar-refractivity contribution is 5.97. The van der Waals surface area contributed by atoms with Crippen LogP contribution in [0.5, 0.6) is 0 Å². The van der Waals surface area contributed by atoms with Crippen LogP contribution in [0, 0.1) is 6.92 Å². The van der Waals surface area contributed by atoms with E-state index in [1.54, 1.807) is 6.20 Å². The maximum Gasteiger partial charge on any atom is 0.253 e. The number of likely N-dealkylation sites (tertiary alicyclic amines) is 1. The van der Waals surface area contributed by atoms with Crippen molar-refractivity contribution in [3.63, 3.8) is 0 Å². The molecular formula is C17H19N5O. The summed E-state index contributed by atoms with van der Waals surface area (Å²) in [5.41, 5.74) is 2.53. The van der Waals surface area contributed by atoms with E-state index in [2.05, 4.69) is 19.9 Å². The first-order valence-corrected chi connectivity index (χ1v) is 7.95. The molecule has 1 fully saturated rings. The number of hydrogen-bond acceptors (Lipinski definition) is 3. The molecule has 118 valence electrons. The Bertz CT molecular complexity index is 828. The molecule has 1 aromatic carbocycles. The second-order valence-electron chi connectivity index (χ2n) is 6.10. The number of piperidine rings is 1. The Morgan fingerprint density at radius 1 is 1.30 bits per heavy atom. The van der Waals surface area contributed by atoms with Gasteiger partial charge in [0.1, 0.15) is 11.6 Å². The Kier molecular flexibility index (Phi) is 3.37. The molecule has 0 unspecified atom stereocenters. The van der Waals surface area contributed by atoms with Gasteiger partial charge in [-0.1, -0.05) is 0 Å². The van der Waals surface area contributed by atoms with Crippen LogP contribution in [0.4, 0.5) is 0 Å². The number of amides is 1. The van der Waals surface area contributed by atoms with Gasteiger partial charge in [0.05, 0.1) is 11.0 Å². The Morgan fingerprint density at radius 2 is 2.13 bits per heavy atom. The summed E-state index contributed by atoms with van der Waals surface area (Å²) in [5.74, 6) is 2.42. The number of fused-ring (bicyclic) bond motifs is 1. The third-order valence-electron chi connectivity index (χ3n) is 4.54. The number of rotatable bonds is 2. The summed E-state index contributed by atoms with van der Waals surface area (Å²) in [6, 6.07) is 5.67. The third kappa shape index (κ3) is 2.60. The van der Waals surface area contributed by atoms with Gasteiger partial charge in [-0.15, -0.1) is 0 Å². The normalized spacial score (nSPS) is 16.1. The number of imidazole rings is 2. The maximum absolute atomic E-state index is 12.7. The summed E-state index contributed by atoms with van der Waals surface area (Å²) < 4.78 is 0. The standard InChI is InChI=1S/C17H19N5O/c1-11-20-14-3-2-13(10-15(14)21-11)17(23)22-8-4-12(5-9-22)16-18-6-7-19-16/h2-3,6-7,10,12H,4-5,8-9H2,1H3,(H,18,19)(H,20,21). The Morgan fingerprint density at radius 3 is 2.87 bits per heavy atom. The van der Waals surface area contributed by atoms with Crippen LogP contribution in [-0.2, 0) is 0 Å². The van der Waals surface area contributed by atoms with E-state index in [4.69, 9.17) is 0 Å². The van der Waals surface area contributed by atoms with Crippen molar-refractivity contribution in [1.82, 2.24) is 24.8 Å². The average Bonchev–Trinajstić information content (AvgIpc) is 3.22. The third-order valence-corrected chi connectivity index (χ3v) is 4.54. The molecule has 0 saturated carbocycles. The molecule has 3 aromatic rings. The van der Waals surface area contributed by atoms with Gasteiger partial charge in [-0.25, -0.2) is 9.97 Å². The van der Waals surface area contributed by atoms with Crippen LogP contribution >= 0.6 is 0 Å². The van der Waals surface area contributed by atoms with Crippen molar-refractivity contribution >= 4 is 16.9 Å². The van der Waals surface area contributed by atoms with E-state index in [0.717, 1.165) is 54.2 Å². The number of aromatic amines is 2. The second kappa shape index (κ2) is 5.53. The highest BCUT2D eigenvalue weighted by Crippen LogP contribution is 2.26. The molecular weight excluding hydrogens is 290 g/mol. The molecule has 23 heavy (non-hydrogen) atoms. The van der Waals surface area contributed by atoms with Gasteiger partial charge in [0.15, 0.2) is 0 Å². The number of aryl methyl sites for hydroxylation is 1. The Balaban J connectivity index is 1.48. The van der Waals surface area contributed by atoms with Crippen molar-refractivity contribution in [3.05, 3.63) is 47.8 Å². The van der Waals surface area contributed by atoms with Crippen molar-refractivity contribution in [2.75, 3.05) is 13.1 Å². The predicted molar refractivity (Wildman–Crippen MR) is 87.3 cm³/mol. The first-order valence-electron chi connectivity index (χ1n) is 7.95. The van der Waals surface area contributed by atoms with E-state index in [9.17, 15) is 4.79 Å². The van der Waals surface area contributed by atoms with E-state index >= 15 is 0 Å². The summed E-state index contributed by atoms with van der Waals surface area (Å²) in [6.07, 6.45) is 5.54. The molecule has 2 N–H and O–H groups in total. The quantitative estimate of drug-likeness (QED) is 0.764. The van der Waals surface area contributed by atoms with Crippen molar-refractivity contribution in [2.24, 2.45) is 0 Å². The van der Waals surface area contributed by atoms with Crippen LogP contribution in [0.1, 0.15) is 40.8 Å². The number of nitrogens with zero attached hydrogens (tertiary/aromatic N) is 3. The number of carbonyl (C=O) groups excluding carboxylic acids is 1. The van der Waals surface area contributed by atoms with Crippen LogP contribution in [-0.4, -0.2) is 43.8 Å². The second-order valence-corrected chi connectivity index (χ2v) is 6.10. The molecule has 2 aromatic heterocycles. The minimum atomic E-state index is 0.0945. The molecule has 4 rings (SSSR count). The first-order chi connectivity index (χ1) is 11.2. The smallest absolute Gasteiger partial charge is 0.253 e. The Hall–Kier alpha value is -2.63. The minimum Gasteiger partial charge on any atom is -0.348 e. The van der Waals surface area contributed by atoms with Gasteiger partial charge >= 0.3 is 0 Å². The molecule has 0 aliphatic carbocycles. The van der Waals surface area contributed by atoms with E-state index in [1.165, 1.54) is 0 Å². The molecule has 1 saturated heterocycles. The molecule has 0 spiro atoms. The first kappa shape index (κ1) is 14.0. The van der Waals surface area contributed by atoms with E-state index in [-0.39, 0.29) is 5.91 Å². The summed E-state index contributed by atoms with van der Waals surface area (Å²) >= 11 is 0. The van der Waals surface area contributed by atoms with Crippen molar-refractivity contribution < 1.29 is 4.79 Å². The van der Waals surface area contributed by atoms with Crippen LogP contribution < -0.4 is 0 Å². The highest BCUT2D eigenvalue weighted by Gasteiger charge is 2.25. The van der Waals surface area contributed by atoms with Crippen molar-refractivity contribution in [1.29, 1.82) is 0 Å². The van der Waals surface area contributed by atoms with E-state index in [1.807, 2.05) is 36.2 Å². The molecule has 0 radical (unpaired) electrons. The van der Waals surface area contributed by atoms with Crippen molar-refractivity contribution in [2.45, 2.75) is 25.7 Å². The molecule has 6 nitrogen and oxygen atoms in total. The SMILES string of the molecule is Cc1nc2ccc(C(=O)N3CCC(c4ncc[nH]4)CC3)cc2[nH]1. The van der Waals surface area contributed by atoms with E-state index < -0.39 is 0 Å². The van der Waals surface area contributed by atoms with Crippen LogP contribution in [0.3, 0.4) is 0 Å². The topological polar surface area (TPSA) is 77.7 Å². The highest BCUT2D eigenvalue weighted by atomic mass is 16.2. The van der Waals surface area contributed by atoms with E-state index in [0.29, 0.717) is 5.92 Å². The Labute approximate surface area is 133 Å². The number of hydrogen-bond donors (Lipinski definition) is 2. The molecule has 1 aliphatic heterocycles. The van der Waals surface area contributed by atoms with Crippen molar-refractivity contribution in [3.8, 4) is 0 Å².